The SMILES string of the molecule is COc1ccc2cc([C@@H](C)C(=O)N(C)Cc3cc(C)on3)ccc2c1. The van der Waals surface area contributed by atoms with Crippen molar-refractivity contribution in [1.82, 2.24) is 10.1 Å². The van der Waals surface area contributed by atoms with Gasteiger partial charge in [-0.3, -0.25) is 4.79 Å². The molecule has 0 fully saturated rings. The summed E-state index contributed by atoms with van der Waals surface area (Å²) in [5.74, 6) is 1.39. The molecule has 0 aliphatic rings. The number of aryl methyl sites for hydroxylation is 1. The van der Waals surface area contributed by atoms with Crippen LogP contribution in [-0.2, 0) is 11.3 Å². The number of carbonyl (C=O) groups excluding carboxylic acids is 1. The van der Waals surface area contributed by atoms with Crippen LogP contribution in [0.1, 0.15) is 29.9 Å². The van der Waals surface area contributed by atoms with Gasteiger partial charge in [-0.15, -0.1) is 0 Å². The minimum atomic E-state index is -0.232. The molecule has 1 aromatic heterocycles. The fourth-order valence-electron chi connectivity index (χ4n) is 2.93. The van der Waals surface area contributed by atoms with Crippen molar-refractivity contribution in [3.05, 3.63) is 59.5 Å². The summed E-state index contributed by atoms with van der Waals surface area (Å²) in [5.41, 5.74) is 1.75. The monoisotopic (exact) mass is 338 g/mol. The maximum absolute atomic E-state index is 12.7. The van der Waals surface area contributed by atoms with Crippen molar-refractivity contribution < 1.29 is 14.1 Å². The first-order valence-corrected chi connectivity index (χ1v) is 8.23. The number of hydrogen-bond donors (Lipinski definition) is 0. The predicted molar refractivity (Wildman–Crippen MR) is 96.6 cm³/mol. The van der Waals surface area contributed by atoms with Gasteiger partial charge in [-0.25, -0.2) is 0 Å². The number of amides is 1. The number of nitrogens with zero attached hydrogens (tertiary/aromatic N) is 2. The fraction of sp³-hybridized carbons (Fsp3) is 0.300. The molecular formula is C20H22N2O3. The molecule has 1 amide bonds. The molecule has 5 heteroatoms. The highest BCUT2D eigenvalue weighted by Crippen LogP contribution is 2.26. The van der Waals surface area contributed by atoms with E-state index in [1.165, 1.54) is 0 Å². The zero-order valence-electron chi connectivity index (χ0n) is 14.9. The lowest BCUT2D eigenvalue weighted by atomic mass is 9.96. The molecule has 25 heavy (non-hydrogen) atoms. The Hall–Kier alpha value is -2.82. The molecular weight excluding hydrogens is 316 g/mol. The number of fused-ring (bicyclic) bond motifs is 1. The maximum atomic E-state index is 12.7. The minimum Gasteiger partial charge on any atom is -0.497 e. The van der Waals surface area contributed by atoms with Crippen LogP contribution in [0.25, 0.3) is 10.8 Å². The molecule has 130 valence electrons. The normalized spacial score (nSPS) is 12.2. The molecule has 3 rings (SSSR count). The highest BCUT2D eigenvalue weighted by atomic mass is 16.5. The maximum Gasteiger partial charge on any atom is 0.229 e. The van der Waals surface area contributed by atoms with Gasteiger partial charge in [-0.2, -0.15) is 0 Å². The largest absolute Gasteiger partial charge is 0.497 e. The van der Waals surface area contributed by atoms with E-state index in [2.05, 4.69) is 11.2 Å². The van der Waals surface area contributed by atoms with Gasteiger partial charge in [0.2, 0.25) is 5.91 Å². The summed E-state index contributed by atoms with van der Waals surface area (Å²) in [6.07, 6.45) is 0. The highest BCUT2D eigenvalue weighted by molar-refractivity contribution is 5.88. The van der Waals surface area contributed by atoms with Crippen molar-refractivity contribution in [3.8, 4) is 5.75 Å². The highest BCUT2D eigenvalue weighted by Gasteiger charge is 2.20. The Kier molecular flexibility index (Phi) is 4.74. The van der Waals surface area contributed by atoms with Gasteiger partial charge in [0.05, 0.1) is 19.6 Å². The van der Waals surface area contributed by atoms with E-state index in [1.54, 1.807) is 19.1 Å². The van der Waals surface area contributed by atoms with Crippen LogP contribution in [-0.4, -0.2) is 30.1 Å². The smallest absolute Gasteiger partial charge is 0.229 e. The number of benzene rings is 2. The third-order valence-corrected chi connectivity index (χ3v) is 4.39. The van der Waals surface area contributed by atoms with E-state index in [9.17, 15) is 4.79 Å². The first-order valence-electron chi connectivity index (χ1n) is 8.23. The molecule has 0 spiro atoms. The first-order chi connectivity index (χ1) is 12.0. The summed E-state index contributed by atoms with van der Waals surface area (Å²) in [4.78, 5) is 14.4. The van der Waals surface area contributed by atoms with Gasteiger partial charge in [0, 0.05) is 13.1 Å². The van der Waals surface area contributed by atoms with Crippen molar-refractivity contribution in [2.75, 3.05) is 14.2 Å². The van der Waals surface area contributed by atoms with Gasteiger partial charge in [-0.1, -0.05) is 29.4 Å². The molecule has 0 radical (unpaired) electrons. The molecule has 0 bridgehead atoms. The quantitative estimate of drug-likeness (QED) is 0.708. The summed E-state index contributed by atoms with van der Waals surface area (Å²) >= 11 is 0. The third kappa shape index (κ3) is 3.65. The van der Waals surface area contributed by atoms with Crippen LogP contribution >= 0.6 is 0 Å². The Labute approximate surface area is 147 Å². The molecule has 0 unspecified atom stereocenters. The number of carbonyl (C=O) groups is 1. The summed E-state index contributed by atoms with van der Waals surface area (Å²) in [6.45, 7) is 4.20. The van der Waals surface area contributed by atoms with E-state index in [-0.39, 0.29) is 11.8 Å². The second kappa shape index (κ2) is 6.97. The Morgan fingerprint density at radius 3 is 2.60 bits per heavy atom. The summed E-state index contributed by atoms with van der Waals surface area (Å²) in [6, 6.07) is 13.9. The second-order valence-electron chi connectivity index (χ2n) is 6.32. The van der Waals surface area contributed by atoms with Crippen LogP contribution in [0.5, 0.6) is 5.75 Å². The molecule has 1 atom stereocenters. The predicted octanol–water partition coefficient (Wildman–Crippen LogP) is 3.91. The van der Waals surface area contributed by atoms with E-state index in [0.29, 0.717) is 6.54 Å². The van der Waals surface area contributed by atoms with Gasteiger partial charge in [-0.05, 0) is 42.3 Å². The lowest BCUT2D eigenvalue weighted by molar-refractivity contribution is -0.131. The molecule has 0 saturated carbocycles. The van der Waals surface area contributed by atoms with Crippen molar-refractivity contribution >= 4 is 16.7 Å². The van der Waals surface area contributed by atoms with Gasteiger partial charge < -0.3 is 14.2 Å². The third-order valence-electron chi connectivity index (χ3n) is 4.39. The summed E-state index contributed by atoms with van der Waals surface area (Å²) in [7, 11) is 3.44. The Morgan fingerprint density at radius 1 is 1.20 bits per heavy atom. The standard InChI is InChI=1S/C20H22N2O3/c1-13-9-18(21-25-13)12-22(3)20(23)14(2)15-5-6-17-11-19(24-4)8-7-16(17)10-15/h5-11,14H,12H2,1-4H3/t14-/m1/s1. The molecule has 0 N–H and O–H groups in total. The van der Waals surface area contributed by atoms with Crippen molar-refractivity contribution in [1.29, 1.82) is 0 Å². The average molecular weight is 338 g/mol. The molecule has 0 aliphatic carbocycles. The Bertz CT molecular complexity index is 901. The van der Waals surface area contributed by atoms with Crippen LogP contribution < -0.4 is 4.74 Å². The molecule has 0 saturated heterocycles. The number of hydrogen-bond acceptors (Lipinski definition) is 4. The van der Waals surface area contributed by atoms with Crippen LogP contribution in [0, 0.1) is 6.92 Å². The van der Waals surface area contributed by atoms with E-state index in [0.717, 1.165) is 33.5 Å². The van der Waals surface area contributed by atoms with Gasteiger partial charge in [0.1, 0.15) is 17.2 Å². The van der Waals surface area contributed by atoms with Crippen molar-refractivity contribution in [3.63, 3.8) is 0 Å². The fourth-order valence-corrected chi connectivity index (χ4v) is 2.93. The van der Waals surface area contributed by atoms with E-state index in [1.807, 2.05) is 50.2 Å². The lowest BCUT2D eigenvalue weighted by Crippen LogP contribution is -2.30. The van der Waals surface area contributed by atoms with E-state index >= 15 is 0 Å². The molecule has 0 aliphatic heterocycles. The van der Waals surface area contributed by atoms with Crippen LogP contribution in [0.15, 0.2) is 47.0 Å². The Balaban J connectivity index is 1.77. The molecule has 3 aromatic rings. The van der Waals surface area contributed by atoms with Gasteiger partial charge in [0.25, 0.3) is 0 Å². The Morgan fingerprint density at radius 2 is 1.92 bits per heavy atom. The van der Waals surface area contributed by atoms with Crippen LogP contribution in [0.2, 0.25) is 0 Å². The number of methoxy groups -OCH3 is 1. The topological polar surface area (TPSA) is 55.6 Å². The second-order valence-corrected chi connectivity index (χ2v) is 6.32. The minimum absolute atomic E-state index is 0.0496. The van der Waals surface area contributed by atoms with Crippen LogP contribution in [0.3, 0.4) is 0 Å². The summed E-state index contributed by atoms with van der Waals surface area (Å²) < 4.78 is 10.3. The van der Waals surface area contributed by atoms with Crippen molar-refractivity contribution in [2.24, 2.45) is 0 Å². The van der Waals surface area contributed by atoms with E-state index < -0.39 is 0 Å². The molecule has 2 aromatic carbocycles. The number of ether oxygens (including phenoxy) is 1. The zero-order valence-corrected chi connectivity index (χ0v) is 14.9. The number of aromatic nitrogens is 1. The zero-order chi connectivity index (χ0) is 18.0. The summed E-state index contributed by atoms with van der Waals surface area (Å²) in [5, 5.41) is 6.13. The molecule has 1 heterocycles. The van der Waals surface area contributed by atoms with Gasteiger partial charge >= 0.3 is 0 Å². The number of likely N-dealkylation sites (N-methyl/N-ethyl adjacent to an activating group) is 1. The van der Waals surface area contributed by atoms with Crippen LogP contribution in [0.4, 0.5) is 0 Å². The average Bonchev–Trinajstić information content (AvgIpc) is 3.04. The first kappa shape index (κ1) is 17.0. The lowest BCUT2D eigenvalue weighted by Gasteiger charge is -2.21. The molecule has 5 nitrogen and oxygen atoms in total. The number of rotatable bonds is 5. The van der Waals surface area contributed by atoms with E-state index in [4.69, 9.17) is 9.26 Å². The van der Waals surface area contributed by atoms with Crippen molar-refractivity contribution in [2.45, 2.75) is 26.3 Å². The van der Waals surface area contributed by atoms with Gasteiger partial charge in [0.15, 0.2) is 0 Å².